The van der Waals surface area contributed by atoms with Gasteiger partial charge in [-0.2, -0.15) is 4.98 Å². The van der Waals surface area contributed by atoms with Gasteiger partial charge in [-0.3, -0.25) is 4.79 Å². The van der Waals surface area contributed by atoms with Crippen molar-refractivity contribution in [3.63, 3.8) is 0 Å². The Morgan fingerprint density at radius 3 is 2.40 bits per heavy atom. The molecule has 0 aliphatic heterocycles. The minimum absolute atomic E-state index is 0.0901. The molecule has 0 unspecified atom stereocenters. The van der Waals surface area contributed by atoms with Gasteiger partial charge in [0.15, 0.2) is 0 Å². The van der Waals surface area contributed by atoms with E-state index in [9.17, 15) is 4.79 Å². The normalized spacial score (nSPS) is 13.5. The molecular formula is C19H17N3O3. The van der Waals surface area contributed by atoms with Crippen LogP contribution in [-0.2, 0) is 4.79 Å². The van der Waals surface area contributed by atoms with Crippen molar-refractivity contribution in [3.05, 3.63) is 48.5 Å². The predicted octanol–water partition coefficient (Wildman–Crippen LogP) is 3.76. The molecule has 126 valence electrons. The van der Waals surface area contributed by atoms with Crippen LogP contribution >= 0.6 is 0 Å². The maximum atomic E-state index is 11.8. The molecule has 25 heavy (non-hydrogen) atoms. The van der Waals surface area contributed by atoms with Crippen molar-refractivity contribution in [3.8, 4) is 28.6 Å². The van der Waals surface area contributed by atoms with E-state index in [0.717, 1.165) is 35.4 Å². The van der Waals surface area contributed by atoms with E-state index in [0.29, 0.717) is 11.7 Å². The number of anilines is 1. The molecule has 0 bridgehead atoms. The van der Waals surface area contributed by atoms with Gasteiger partial charge in [0.1, 0.15) is 5.75 Å². The molecule has 0 atom stereocenters. The molecule has 1 amide bonds. The van der Waals surface area contributed by atoms with E-state index in [1.807, 2.05) is 48.5 Å². The summed E-state index contributed by atoms with van der Waals surface area (Å²) in [4.78, 5) is 16.2. The fourth-order valence-corrected chi connectivity index (χ4v) is 2.48. The quantitative estimate of drug-likeness (QED) is 0.768. The largest absolute Gasteiger partial charge is 0.497 e. The van der Waals surface area contributed by atoms with Gasteiger partial charge >= 0.3 is 0 Å². The number of methoxy groups -OCH3 is 1. The molecule has 1 heterocycles. The van der Waals surface area contributed by atoms with Crippen LogP contribution in [0.25, 0.3) is 22.8 Å². The number of nitrogens with zero attached hydrogens (tertiary/aromatic N) is 2. The van der Waals surface area contributed by atoms with Crippen LogP contribution < -0.4 is 10.1 Å². The predicted molar refractivity (Wildman–Crippen MR) is 93.1 cm³/mol. The van der Waals surface area contributed by atoms with E-state index >= 15 is 0 Å². The van der Waals surface area contributed by atoms with E-state index < -0.39 is 0 Å². The molecule has 1 aliphatic rings. The molecular weight excluding hydrogens is 318 g/mol. The maximum absolute atomic E-state index is 11.8. The monoisotopic (exact) mass is 335 g/mol. The lowest BCUT2D eigenvalue weighted by molar-refractivity contribution is -0.117. The SMILES string of the molecule is COc1ccc(-c2noc(-c3ccc(NC(=O)C4CC4)cc3)n2)cc1. The zero-order valence-electron chi connectivity index (χ0n) is 13.7. The highest BCUT2D eigenvalue weighted by Crippen LogP contribution is 2.30. The number of aromatic nitrogens is 2. The maximum Gasteiger partial charge on any atom is 0.258 e. The zero-order valence-corrected chi connectivity index (χ0v) is 13.7. The molecule has 0 saturated heterocycles. The number of benzene rings is 2. The zero-order chi connectivity index (χ0) is 17.2. The summed E-state index contributed by atoms with van der Waals surface area (Å²) in [6.07, 6.45) is 1.97. The van der Waals surface area contributed by atoms with Gasteiger partial charge in [-0.1, -0.05) is 5.16 Å². The van der Waals surface area contributed by atoms with Crippen molar-refractivity contribution in [1.29, 1.82) is 0 Å². The first kappa shape index (κ1) is 15.4. The smallest absolute Gasteiger partial charge is 0.258 e. The summed E-state index contributed by atoms with van der Waals surface area (Å²) < 4.78 is 10.5. The number of hydrogen-bond acceptors (Lipinski definition) is 5. The summed E-state index contributed by atoms with van der Waals surface area (Å²) in [7, 11) is 1.62. The summed E-state index contributed by atoms with van der Waals surface area (Å²) >= 11 is 0. The van der Waals surface area contributed by atoms with Crippen molar-refractivity contribution in [2.24, 2.45) is 5.92 Å². The molecule has 0 radical (unpaired) electrons. The summed E-state index contributed by atoms with van der Waals surface area (Å²) in [5.74, 6) is 2.00. The first-order valence-corrected chi connectivity index (χ1v) is 8.12. The van der Waals surface area contributed by atoms with Gasteiger partial charge in [0.25, 0.3) is 5.89 Å². The third kappa shape index (κ3) is 3.38. The topological polar surface area (TPSA) is 77.3 Å². The summed E-state index contributed by atoms with van der Waals surface area (Å²) in [6, 6.07) is 14.8. The van der Waals surface area contributed by atoms with Gasteiger partial charge in [-0.15, -0.1) is 0 Å². The van der Waals surface area contributed by atoms with E-state index in [2.05, 4.69) is 15.5 Å². The van der Waals surface area contributed by atoms with Gasteiger partial charge in [0.05, 0.1) is 7.11 Å². The lowest BCUT2D eigenvalue weighted by Gasteiger charge is -2.04. The van der Waals surface area contributed by atoms with Gasteiger partial charge in [-0.05, 0) is 61.4 Å². The summed E-state index contributed by atoms with van der Waals surface area (Å²) in [5.41, 5.74) is 2.43. The first-order chi connectivity index (χ1) is 12.2. The highest BCUT2D eigenvalue weighted by atomic mass is 16.5. The number of carbonyl (C=O) groups excluding carboxylic acids is 1. The van der Waals surface area contributed by atoms with Crippen molar-refractivity contribution in [1.82, 2.24) is 10.1 Å². The van der Waals surface area contributed by atoms with Crippen LogP contribution in [0.3, 0.4) is 0 Å². The highest BCUT2D eigenvalue weighted by molar-refractivity contribution is 5.94. The standard InChI is InChI=1S/C19H17N3O3/c1-24-16-10-6-12(7-11-16)17-21-19(25-22-17)14-4-8-15(9-5-14)20-18(23)13-2-3-13/h4-11,13H,2-3H2,1H3,(H,20,23). The fraction of sp³-hybridized carbons (Fsp3) is 0.211. The van der Waals surface area contributed by atoms with Gasteiger partial charge in [0.2, 0.25) is 11.7 Å². The third-order valence-electron chi connectivity index (χ3n) is 4.12. The number of rotatable bonds is 5. The van der Waals surface area contributed by atoms with Crippen LogP contribution in [-0.4, -0.2) is 23.2 Å². The van der Waals surface area contributed by atoms with E-state index in [4.69, 9.17) is 9.26 Å². The Kier molecular flexibility index (Phi) is 3.93. The van der Waals surface area contributed by atoms with Crippen molar-refractivity contribution >= 4 is 11.6 Å². The molecule has 4 rings (SSSR count). The van der Waals surface area contributed by atoms with Crippen LogP contribution in [0.1, 0.15) is 12.8 Å². The molecule has 0 spiro atoms. The Bertz CT molecular complexity index is 881. The molecule has 1 saturated carbocycles. The number of hydrogen-bond donors (Lipinski definition) is 1. The lowest BCUT2D eigenvalue weighted by atomic mass is 10.2. The average Bonchev–Trinajstić information content (AvgIpc) is 3.40. The number of carbonyl (C=O) groups is 1. The van der Waals surface area contributed by atoms with Gasteiger partial charge in [-0.25, -0.2) is 0 Å². The molecule has 1 aliphatic carbocycles. The minimum Gasteiger partial charge on any atom is -0.497 e. The molecule has 6 nitrogen and oxygen atoms in total. The second-order valence-electron chi connectivity index (χ2n) is 5.99. The Labute approximate surface area is 144 Å². The molecule has 3 aromatic rings. The molecule has 2 aromatic carbocycles. The average molecular weight is 335 g/mol. The Hall–Kier alpha value is -3.15. The van der Waals surface area contributed by atoms with E-state index in [1.165, 1.54) is 0 Å². The van der Waals surface area contributed by atoms with Crippen LogP contribution in [0.4, 0.5) is 5.69 Å². The molecule has 1 aromatic heterocycles. The summed E-state index contributed by atoms with van der Waals surface area (Å²) in [6.45, 7) is 0. The van der Waals surface area contributed by atoms with Gasteiger partial charge in [0, 0.05) is 22.7 Å². The minimum atomic E-state index is 0.0901. The molecule has 1 N–H and O–H groups in total. The number of amides is 1. The summed E-state index contributed by atoms with van der Waals surface area (Å²) in [5, 5.41) is 6.93. The molecule has 6 heteroatoms. The lowest BCUT2D eigenvalue weighted by Crippen LogP contribution is -2.12. The van der Waals surface area contributed by atoms with Crippen LogP contribution in [0.5, 0.6) is 5.75 Å². The second-order valence-corrected chi connectivity index (χ2v) is 5.99. The number of ether oxygens (including phenoxy) is 1. The van der Waals surface area contributed by atoms with Crippen molar-refractivity contribution in [2.45, 2.75) is 12.8 Å². The van der Waals surface area contributed by atoms with Crippen LogP contribution in [0.2, 0.25) is 0 Å². The second kappa shape index (κ2) is 6.39. The Morgan fingerprint density at radius 1 is 1.08 bits per heavy atom. The number of nitrogens with one attached hydrogen (secondary N) is 1. The van der Waals surface area contributed by atoms with E-state index in [-0.39, 0.29) is 11.8 Å². The first-order valence-electron chi connectivity index (χ1n) is 8.12. The molecule has 1 fully saturated rings. The van der Waals surface area contributed by atoms with E-state index in [1.54, 1.807) is 7.11 Å². The van der Waals surface area contributed by atoms with Gasteiger partial charge < -0.3 is 14.6 Å². The van der Waals surface area contributed by atoms with Crippen molar-refractivity contribution in [2.75, 3.05) is 12.4 Å². The van der Waals surface area contributed by atoms with Crippen LogP contribution in [0.15, 0.2) is 53.1 Å². The van der Waals surface area contributed by atoms with Crippen molar-refractivity contribution < 1.29 is 14.1 Å². The highest BCUT2D eigenvalue weighted by Gasteiger charge is 2.29. The Morgan fingerprint density at radius 2 is 1.76 bits per heavy atom. The fourth-order valence-electron chi connectivity index (χ4n) is 2.48. The van der Waals surface area contributed by atoms with Crippen LogP contribution in [0, 0.1) is 5.92 Å². The Balaban J connectivity index is 1.49. The third-order valence-corrected chi connectivity index (χ3v) is 4.12.